The normalized spacial score (nSPS) is 26.2. The van der Waals surface area contributed by atoms with Crippen LogP contribution in [-0.2, 0) is 6.42 Å². The molecule has 3 nitrogen and oxygen atoms in total. The molecule has 0 aliphatic heterocycles. The Morgan fingerprint density at radius 3 is 2.00 bits per heavy atom. The highest BCUT2D eigenvalue weighted by Crippen LogP contribution is 2.45. The van der Waals surface area contributed by atoms with Crippen molar-refractivity contribution in [2.75, 3.05) is 7.05 Å². The van der Waals surface area contributed by atoms with Gasteiger partial charge in [0.2, 0.25) is 0 Å². The monoisotopic (exact) mass is 377 g/mol. The zero-order valence-corrected chi connectivity index (χ0v) is 17.0. The van der Waals surface area contributed by atoms with Crippen molar-refractivity contribution in [3.63, 3.8) is 0 Å². The Hall–Kier alpha value is -2.13. The van der Waals surface area contributed by atoms with Crippen LogP contribution in [0.5, 0.6) is 0 Å². The molecule has 148 valence electrons. The van der Waals surface area contributed by atoms with E-state index in [0.29, 0.717) is 17.9 Å². The SMILES string of the molecule is CCCc1ccc(-c2ccc(C(=O)N(C)C3C[C@H]4CC(O)C[C@H]4C3)cc2)cc1. The van der Waals surface area contributed by atoms with Gasteiger partial charge in [0.25, 0.3) is 5.91 Å². The molecule has 4 rings (SSSR count). The Labute approximate surface area is 168 Å². The van der Waals surface area contributed by atoms with E-state index in [9.17, 15) is 9.90 Å². The minimum atomic E-state index is -0.124. The van der Waals surface area contributed by atoms with Crippen molar-refractivity contribution in [3.8, 4) is 11.1 Å². The largest absolute Gasteiger partial charge is 0.393 e. The van der Waals surface area contributed by atoms with Gasteiger partial charge in [-0.15, -0.1) is 0 Å². The maximum atomic E-state index is 13.0. The molecule has 2 unspecified atom stereocenters. The number of fused-ring (bicyclic) bond motifs is 1. The van der Waals surface area contributed by atoms with E-state index >= 15 is 0 Å². The molecule has 1 amide bonds. The number of aliphatic hydroxyl groups is 1. The summed E-state index contributed by atoms with van der Waals surface area (Å²) in [6.07, 6.45) is 6.04. The Morgan fingerprint density at radius 2 is 1.46 bits per heavy atom. The molecule has 0 saturated heterocycles. The van der Waals surface area contributed by atoms with Crippen LogP contribution >= 0.6 is 0 Å². The quantitative estimate of drug-likeness (QED) is 0.803. The number of amides is 1. The molecule has 0 radical (unpaired) electrons. The molecule has 2 saturated carbocycles. The molecule has 0 bridgehead atoms. The molecule has 3 heteroatoms. The molecular weight excluding hydrogens is 346 g/mol. The predicted molar refractivity (Wildman–Crippen MR) is 113 cm³/mol. The van der Waals surface area contributed by atoms with E-state index in [4.69, 9.17) is 0 Å². The van der Waals surface area contributed by atoms with Crippen LogP contribution in [-0.4, -0.2) is 35.1 Å². The van der Waals surface area contributed by atoms with Crippen LogP contribution in [0.1, 0.15) is 54.9 Å². The van der Waals surface area contributed by atoms with Gasteiger partial charge in [-0.05, 0) is 72.8 Å². The van der Waals surface area contributed by atoms with Crippen molar-refractivity contribution < 1.29 is 9.90 Å². The van der Waals surface area contributed by atoms with Crippen molar-refractivity contribution in [2.24, 2.45) is 11.8 Å². The van der Waals surface area contributed by atoms with Crippen LogP contribution in [0.3, 0.4) is 0 Å². The zero-order valence-electron chi connectivity index (χ0n) is 17.0. The first-order chi connectivity index (χ1) is 13.5. The molecule has 0 spiro atoms. The third-order valence-corrected chi connectivity index (χ3v) is 6.79. The summed E-state index contributed by atoms with van der Waals surface area (Å²) >= 11 is 0. The number of hydrogen-bond donors (Lipinski definition) is 1. The minimum Gasteiger partial charge on any atom is -0.393 e. The van der Waals surface area contributed by atoms with Gasteiger partial charge in [-0.25, -0.2) is 0 Å². The van der Waals surface area contributed by atoms with Crippen LogP contribution in [0, 0.1) is 11.8 Å². The molecule has 28 heavy (non-hydrogen) atoms. The first-order valence-corrected chi connectivity index (χ1v) is 10.7. The summed E-state index contributed by atoms with van der Waals surface area (Å²) in [6, 6.07) is 17.0. The lowest BCUT2D eigenvalue weighted by molar-refractivity contribution is 0.0722. The first kappa shape index (κ1) is 19.2. The van der Waals surface area contributed by atoms with Crippen molar-refractivity contribution in [1.29, 1.82) is 0 Å². The predicted octanol–water partition coefficient (Wildman–Crippen LogP) is 4.93. The molecule has 2 aliphatic carbocycles. The smallest absolute Gasteiger partial charge is 0.253 e. The van der Waals surface area contributed by atoms with Crippen LogP contribution in [0.4, 0.5) is 0 Å². The zero-order chi connectivity index (χ0) is 19.7. The van der Waals surface area contributed by atoms with Gasteiger partial charge < -0.3 is 10.0 Å². The maximum absolute atomic E-state index is 13.0. The molecule has 0 heterocycles. The van der Waals surface area contributed by atoms with Gasteiger partial charge in [0.15, 0.2) is 0 Å². The molecule has 1 N–H and O–H groups in total. The summed E-state index contributed by atoms with van der Waals surface area (Å²) < 4.78 is 0. The van der Waals surface area contributed by atoms with E-state index < -0.39 is 0 Å². The molecule has 0 aromatic heterocycles. The highest BCUT2D eigenvalue weighted by atomic mass is 16.3. The van der Waals surface area contributed by atoms with E-state index in [-0.39, 0.29) is 12.0 Å². The van der Waals surface area contributed by atoms with E-state index in [1.165, 1.54) is 11.1 Å². The summed E-state index contributed by atoms with van der Waals surface area (Å²) in [5.41, 5.74) is 4.46. The third kappa shape index (κ3) is 3.86. The van der Waals surface area contributed by atoms with Gasteiger partial charge in [0.1, 0.15) is 0 Å². The summed E-state index contributed by atoms with van der Waals surface area (Å²) in [6.45, 7) is 2.20. The Balaban J connectivity index is 1.41. The number of carbonyl (C=O) groups excluding carboxylic acids is 1. The molecule has 4 atom stereocenters. The van der Waals surface area contributed by atoms with Crippen molar-refractivity contribution in [1.82, 2.24) is 4.90 Å². The van der Waals surface area contributed by atoms with Crippen LogP contribution in [0.25, 0.3) is 11.1 Å². The summed E-state index contributed by atoms with van der Waals surface area (Å²) in [5, 5.41) is 9.83. The van der Waals surface area contributed by atoms with Gasteiger partial charge >= 0.3 is 0 Å². The van der Waals surface area contributed by atoms with Crippen molar-refractivity contribution in [3.05, 3.63) is 59.7 Å². The number of aliphatic hydroxyl groups excluding tert-OH is 1. The number of rotatable bonds is 5. The molecule has 2 aliphatic rings. The van der Waals surface area contributed by atoms with Crippen molar-refractivity contribution >= 4 is 5.91 Å². The first-order valence-electron chi connectivity index (χ1n) is 10.7. The average Bonchev–Trinajstić information content (AvgIpc) is 3.25. The Morgan fingerprint density at radius 1 is 0.929 bits per heavy atom. The fourth-order valence-corrected chi connectivity index (χ4v) is 5.20. The lowest BCUT2D eigenvalue weighted by atomic mass is 10.0. The van der Waals surface area contributed by atoms with Crippen LogP contribution in [0.15, 0.2) is 48.5 Å². The highest BCUT2D eigenvalue weighted by molar-refractivity contribution is 5.94. The standard InChI is InChI=1S/C25H31NO2/c1-3-4-17-5-7-18(8-6-17)19-9-11-20(12-10-19)25(28)26(2)23-13-21-15-24(27)16-22(21)14-23/h5-12,21-24,27H,3-4,13-16H2,1-2H3/t21-,22+,23?,24?. The molecular formula is C25H31NO2. The molecule has 2 aromatic carbocycles. The third-order valence-electron chi connectivity index (χ3n) is 6.79. The lowest BCUT2D eigenvalue weighted by Gasteiger charge is -2.26. The Bertz CT molecular complexity index is 797. The average molecular weight is 378 g/mol. The van der Waals surface area contributed by atoms with Gasteiger partial charge in [0, 0.05) is 18.7 Å². The second-order valence-electron chi connectivity index (χ2n) is 8.71. The van der Waals surface area contributed by atoms with Crippen molar-refractivity contribution in [2.45, 2.75) is 57.6 Å². The Kier molecular flexibility index (Phi) is 5.54. The molecule has 2 fully saturated rings. The molecule has 2 aromatic rings. The summed E-state index contributed by atoms with van der Waals surface area (Å²) in [7, 11) is 1.94. The highest BCUT2D eigenvalue weighted by Gasteiger charge is 2.43. The number of carbonyl (C=O) groups is 1. The van der Waals surface area contributed by atoms with Gasteiger partial charge in [0.05, 0.1) is 6.10 Å². The van der Waals surface area contributed by atoms with Crippen LogP contribution in [0.2, 0.25) is 0 Å². The summed E-state index contributed by atoms with van der Waals surface area (Å²) in [5.74, 6) is 1.29. The van der Waals surface area contributed by atoms with E-state index in [0.717, 1.165) is 49.7 Å². The number of benzene rings is 2. The van der Waals surface area contributed by atoms with E-state index in [2.05, 4.69) is 43.3 Å². The number of nitrogens with zero attached hydrogens (tertiary/aromatic N) is 1. The minimum absolute atomic E-state index is 0.107. The fraction of sp³-hybridized carbons (Fsp3) is 0.480. The van der Waals surface area contributed by atoms with Gasteiger partial charge in [-0.2, -0.15) is 0 Å². The second kappa shape index (κ2) is 8.08. The number of hydrogen-bond acceptors (Lipinski definition) is 2. The maximum Gasteiger partial charge on any atom is 0.253 e. The summed E-state index contributed by atoms with van der Waals surface area (Å²) in [4.78, 5) is 14.9. The lowest BCUT2D eigenvalue weighted by Crippen LogP contribution is -2.36. The second-order valence-corrected chi connectivity index (χ2v) is 8.71. The number of aryl methyl sites for hydroxylation is 1. The van der Waals surface area contributed by atoms with Gasteiger partial charge in [-0.1, -0.05) is 49.7 Å². The van der Waals surface area contributed by atoms with Gasteiger partial charge in [-0.3, -0.25) is 4.79 Å². The fourth-order valence-electron chi connectivity index (χ4n) is 5.20. The van der Waals surface area contributed by atoms with Crippen LogP contribution < -0.4 is 0 Å². The topological polar surface area (TPSA) is 40.5 Å². The van der Waals surface area contributed by atoms with E-state index in [1.807, 2.05) is 24.1 Å². The van der Waals surface area contributed by atoms with E-state index in [1.54, 1.807) is 0 Å².